The molecular weight excluding hydrogens is 484 g/mol. The van der Waals surface area contributed by atoms with Crippen LogP contribution < -0.4 is 0 Å². The van der Waals surface area contributed by atoms with Gasteiger partial charge in [-0.2, -0.15) is 0 Å². The molecule has 0 heterocycles. The lowest BCUT2D eigenvalue weighted by Crippen LogP contribution is -2.35. The molecule has 4 saturated carbocycles. The molecule has 4 heteroatoms. The van der Waals surface area contributed by atoms with Crippen LogP contribution in [0.4, 0.5) is 0 Å². The summed E-state index contributed by atoms with van der Waals surface area (Å²) in [6.07, 6.45) is 22.0. The van der Waals surface area contributed by atoms with Gasteiger partial charge in [-0.25, -0.2) is 0 Å². The van der Waals surface area contributed by atoms with Crippen molar-refractivity contribution in [2.45, 2.75) is 129 Å². The third-order valence-corrected chi connectivity index (χ3v) is 11.0. The number of rotatable bonds is 12. The molecule has 2 N–H and O–H groups in total. The number of carbonyl (C=O) groups is 1. The summed E-state index contributed by atoms with van der Waals surface area (Å²) >= 11 is 0. The van der Waals surface area contributed by atoms with Crippen molar-refractivity contribution in [3.8, 4) is 0 Å². The van der Waals surface area contributed by atoms with Crippen molar-refractivity contribution < 1.29 is 19.7 Å². The van der Waals surface area contributed by atoms with Crippen molar-refractivity contribution in [1.29, 1.82) is 0 Å². The van der Waals surface area contributed by atoms with Gasteiger partial charge in [0, 0.05) is 25.4 Å². The highest BCUT2D eigenvalue weighted by molar-refractivity contribution is 5.87. The molecule has 0 aromatic rings. The average Bonchev–Trinajstić information content (AvgIpc) is 3.62. The van der Waals surface area contributed by atoms with E-state index < -0.39 is 12.2 Å². The zero-order valence-corrected chi connectivity index (χ0v) is 25.1. The van der Waals surface area contributed by atoms with Crippen LogP contribution in [0.15, 0.2) is 47.6 Å². The molecule has 0 aromatic heterocycles. The Balaban J connectivity index is 1.37. The van der Waals surface area contributed by atoms with Gasteiger partial charge in [-0.05, 0) is 105 Å². The molecule has 7 atom stereocenters. The number of allylic oxidation sites excluding steroid dienone is 4. The quantitative estimate of drug-likeness (QED) is 0.250. The first-order valence-electron chi connectivity index (χ1n) is 15.8. The number of unbranched alkanes of at least 4 members (excludes halogenated alkanes) is 1. The van der Waals surface area contributed by atoms with Gasteiger partial charge in [-0.3, -0.25) is 4.79 Å². The summed E-state index contributed by atoms with van der Waals surface area (Å²) in [5.74, 6) is 2.21. The molecule has 0 unspecified atom stereocenters. The van der Waals surface area contributed by atoms with Crippen molar-refractivity contribution in [3.63, 3.8) is 0 Å². The fourth-order valence-corrected chi connectivity index (χ4v) is 8.17. The fourth-order valence-electron chi connectivity index (χ4n) is 8.17. The SMILES string of the molecule is C=C1/C(=C\C=C2/CCC[C@]3(C)[C@@H]([C@H](C)/C=C/[C@H](CCC4(C(=O)CCCC)CC4)OC)CC[C@@H]23)C[C@@H](O)C[C@@H]1O. The molecule has 0 saturated heterocycles. The van der Waals surface area contributed by atoms with Gasteiger partial charge in [0.05, 0.1) is 18.3 Å². The number of fused-ring (bicyclic) bond motifs is 1. The highest BCUT2D eigenvalue weighted by Crippen LogP contribution is 2.59. The Morgan fingerprint density at radius 1 is 1.18 bits per heavy atom. The number of aliphatic hydroxyl groups is 2. The number of hydrogen-bond acceptors (Lipinski definition) is 4. The Hall–Kier alpha value is -1.49. The van der Waals surface area contributed by atoms with Crippen LogP contribution in [0.5, 0.6) is 0 Å². The van der Waals surface area contributed by atoms with Crippen LogP contribution in [0.3, 0.4) is 0 Å². The fraction of sp³-hybridized carbons (Fsp3) is 0.743. The van der Waals surface area contributed by atoms with Crippen LogP contribution in [-0.4, -0.2) is 41.4 Å². The van der Waals surface area contributed by atoms with Crippen LogP contribution in [0, 0.1) is 28.6 Å². The van der Waals surface area contributed by atoms with E-state index in [1.54, 1.807) is 7.11 Å². The van der Waals surface area contributed by atoms with E-state index in [1.807, 2.05) is 0 Å². The first kappa shape index (κ1) is 30.5. The third-order valence-electron chi connectivity index (χ3n) is 11.0. The van der Waals surface area contributed by atoms with Crippen molar-refractivity contribution >= 4 is 5.78 Å². The molecule has 0 bridgehead atoms. The van der Waals surface area contributed by atoms with Gasteiger partial charge in [0.2, 0.25) is 0 Å². The van der Waals surface area contributed by atoms with Crippen molar-refractivity contribution in [1.82, 2.24) is 0 Å². The molecule has 4 nitrogen and oxygen atoms in total. The minimum Gasteiger partial charge on any atom is -0.393 e. The van der Waals surface area contributed by atoms with Gasteiger partial charge < -0.3 is 14.9 Å². The number of ketones is 1. The first-order valence-corrected chi connectivity index (χ1v) is 15.8. The van der Waals surface area contributed by atoms with E-state index in [1.165, 1.54) is 31.3 Å². The molecule has 4 fully saturated rings. The minimum atomic E-state index is -0.634. The molecule has 218 valence electrons. The van der Waals surface area contributed by atoms with Gasteiger partial charge in [-0.1, -0.05) is 63.6 Å². The number of aliphatic hydroxyl groups excluding tert-OH is 2. The maximum absolute atomic E-state index is 12.7. The summed E-state index contributed by atoms with van der Waals surface area (Å²) in [6, 6.07) is 0. The topological polar surface area (TPSA) is 66.8 Å². The maximum atomic E-state index is 12.7. The predicted molar refractivity (Wildman–Crippen MR) is 159 cm³/mol. The Morgan fingerprint density at radius 3 is 2.64 bits per heavy atom. The zero-order chi connectivity index (χ0) is 28.2. The molecule has 0 aromatic carbocycles. The molecule has 0 radical (unpaired) electrons. The van der Waals surface area contributed by atoms with E-state index >= 15 is 0 Å². The smallest absolute Gasteiger partial charge is 0.139 e. The second kappa shape index (κ2) is 13.0. The highest BCUT2D eigenvalue weighted by Gasteiger charge is 2.50. The Kier molecular flexibility index (Phi) is 10.2. The van der Waals surface area contributed by atoms with Crippen LogP contribution in [0.2, 0.25) is 0 Å². The Morgan fingerprint density at radius 2 is 1.95 bits per heavy atom. The van der Waals surface area contributed by atoms with Crippen LogP contribution >= 0.6 is 0 Å². The molecule has 39 heavy (non-hydrogen) atoms. The molecule has 0 amide bonds. The number of hydrogen-bond donors (Lipinski definition) is 2. The van der Waals surface area contributed by atoms with E-state index in [0.29, 0.717) is 41.8 Å². The minimum absolute atomic E-state index is 0.0438. The van der Waals surface area contributed by atoms with Gasteiger partial charge in [-0.15, -0.1) is 0 Å². The summed E-state index contributed by atoms with van der Waals surface area (Å²) < 4.78 is 5.85. The van der Waals surface area contributed by atoms with E-state index in [-0.39, 0.29) is 11.5 Å². The monoisotopic (exact) mass is 538 g/mol. The van der Waals surface area contributed by atoms with Crippen LogP contribution in [0.25, 0.3) is 0 Å². The van der Waals surface area contributed by atoms with Gasteiger partial charge >= 0.3 is 0 Å². The van der Waals surface area contributed by atoms with Gasteiger partial charge in [0.15, 0.2) is 0 Å². The van der Waals surface area contributed by atoms with Crippen molar-refractivity contribution in [2.24, 2.45) is 28.6 Å². The lowest BCUT2D eigenvalue weighted by molar-refractivity contribution is -0.124. The molecule has 0 aliphatic heterocycles. The average molecular weight is 539 g/mol. The lowest BCUT2D eigenvalue weighted by atomic mass is 9.61. The van der Waals surface area contributed by atoms with E-state index in [0.717, 1.165) is 62.5 Å². The molecule has 4 aliphatic rings. The van der Waals surface area contributed by atoms with Crippen LogP contribution in [0.1, 0.15) is 111 Å². The van der Waals surface area contributed by atoms with E-state index in [4.69, 9.17) is 4.74 Å². The first-order chi connectivity index (χ1) is 18.6. The van der Waals surface area contributed by atoms with E-state index in [9.17, 15) is 15.0 Å². The van der Waals surface area contributed by atoms with Crippen molar-refractivity contribution in [2.75, 3.05) is 7.11 Å². The third kappa shape index (κ3) is 6.88. The summed E-state index contributed by atoms with van der Waals surface area (Å²) in [4.78, 5) is 12.7. The number of methoxy groups -OCH3 is 1. The molecule has 0 spiro atoms. The largest absolute Gasteiger partial charge is 0.393 e. The number of Topliss-reactive ketones (excluding diaryl/α,β-unsaturated/α-hetero) is 1. The lowest BCUT2D eigenvalue weighted by Gasteiger charge is -2.44. The maximum Gasteiger partial charge on any atom is 0.139 e. The van der Waals surface area contributed by atoms with Gasteiger partial charge in [0.25, 0.3) is 0 Å². The predicted octanol–water partition coefficient (Wildman–Crippen LogP) is 7.65. The Bertz CT molecular complexity index is 969. The number of carbonyl (C=O) groups excluding carboxylic acids is 1. The number of ether oxygens (including phenoxy) is 1. The van der Waals surface area contributed by atoms with Crippen LogP contribution in [-0.2, 0) is 9.53 Å². The van der Waals surface area contributed by atoms with E-state index in [2.05, 4.69) is 51.7 Å². The molecule has 4 aliphatic carbocycles. The second-order valence-electron chi connectivity index (χ2n) is 13.5. The van der Waals surface area contributed by atoms with Crippen molar-refractivity contribution in [3.05, 3.63) is 47.6 Å². The highest BCUT2D eigenvalue weighted by atomic mass is 16.5. The summed E-state index contributed by atoms with van der Waals surface area (Å²) in [5, 5.41) is 20.4. The molecule has 4 rings (SSSR count). The summed E-state index contributed by atoms with van der Waals surface area (Å²) in [7, 11) is 1.80. The standard InChI is InChI=1S/C35H54O4/c1-6-7-10-33(38)35(20-21-35)19-17-29(39-5)14-11-24(2)30-15-16-31-26(9-8-18-34(30,31)4)12-13-27-22-28(36)23-32(37)25(27)3/h11-14,24,28-32,36-37H,3,6-10,15-23H2,1-2,4-5H3/b14-11+,26-12+,27-13-/t24-,28-,29-,30-,31+,32+,34-/m1/s1. The van der Waals surface area contributed by atoms with Gasteiger partial charge in [0.1, 0.15) is 5.78 Å². The second-order valence-corrected chi connectivity index (χ2v) is 13.5. The summed E-state index contributed by atoms with van der Waals surface area (Å²) in [5.41, 5.74) is 3.55. The summed E-state index contributed by atoms with van der Waals surface area (Å²) in [6.45, 7) is 11.1. The molecular formula is C35H54O4. The normalized spacial score (nSPS) is 35.9. The Labute approximate surface area is 237 Å². The zero-order valence-electron chi connectivity index (χ0n) is 25.1.